The van der Waals surface area contributed by atoms with Gasteiger partial charge in [0.05, 0.1) is 12.8 Å². The van der Waals surface area contributed by atoms with Crippen molar-refractivity contribution < 1.29 is 9.13 Å². The Labute approximate surface area is 129 Å². The predicted octanol–water partition coefficient (Wildman–Crippen LogP) is 4.74. The lowest BCUT2D eigenvalue weighted by Gasteiger charge is -2.13. The van der Waals surface area contributed by atoms with Crippen molar-refractivity contribution in [2.45, 2.75) is 13.3 Å². The Morgan fingerprint density at radius 1 is 1.19 bits per heavy atom. The van der Waals surface area contributed by atoms with Crippen LogP contribution in [0.25, 0.3) is 0 Å². The average molecular weight is 306 g/mol. The standard InChI is InChI=1S/C17H17ClFNO/c1-3-10-20-17(13-6-4-5-7-15(13)19)14-11-12(18)8-9-16(14)21-2/h4-9,11H,3,10H2,1-2H3. The van der Waals surface area contributed by atoms with Gasteiger partial charge in [-0.3, -0.25) is 4.99 Å². The molecule has 0 aromatic heterocycles. The van der Waals surface area contributed by atoms with Crippen LogP contribution in [0, 0.1) is 5.82 Å². The Morgan fingerprint density at radius 2 is 1.95 bits per heavy atom. The predicted molar refractivity (Wildman–Crippen MR) is 85.2 cm³/mol. The van der Waals surface area contributed by atoms with Crippen LogP contribution >= 0.6 is 11.6 Å². The second-order valence-electron chi connectivity index (χ2n) is 4.55. The van der Waals surface area contributed by atoms with Crippen LogP contribution in [0.15, 0.2) is 47.5 Å². The SMILES string of the molecule is CCCN=C(c1ccccc1F)c1cc(Cl)ccc1OC. The second kappa shape index (κ2) is 7.23. The highest BCUT2D eigenvalue weighted by molar-refractivity contribution is 6.31. The largest absolute Gasteiger partial charge is 0.496 e. The van der Waals surface area contributed by atoms with E-state index < -0.39 is 0 Å². The van der Waals surface area contributed by atoms with E-state index in [0.29, 0.717) is 34.2 Å². The fourth-order valence-electron chi connectivity index (χ4n) is 2.06. The smallest absolute Gasteiger partial charge is 0.132 e. The number of ether oxygens (including phenoxy) is 1. The number of rotatable bonds is 5. The maximum Gasteiger partial charge on any atom is 0.132 e. The second-order valence-corrected chi connectivity index (χ2v) is 4.99. The molecule has 0 saturated heterocycles. The van der Waals surface area contributed by atoms with Crippen LogP contribution in [0.5, 0.6) is 5.75 Å². The zero-order chi connectivity index (χ0) is 15.2. The van der Waals surface area contributed by atoms with Crippen molar-refractivity contribution in [2.75, 3.05) is 13.7 Å². The number of halogens is 2. The van der Waals surface area contributed by atoms with Crippen LogP contribution < -0.4 is 4.74 Å². The molecule has 0 aliphatic carbocycles. The molecule has 0 spiro atoms. The maximum atomic E-state index is 14.1. The van der Waals surface area contributed by atoms with Gasteiger partial charge in [-0.15, -0.1) is 0 Å². The topological polar surface area (TPSA) is 21.6 Å². The minimum absolute atomic E-state index is 0.311. The lowest BCUT2D eigenvalue weighted by Crippen LogP contribution is -2.09. The molecular formula is C17H17ClFNO. The van der Waals surface area contributed by atoms with E-state index in [-0.39, 0.29) is 5.82 Å². The van der Waals surface area contributed by atoms with E-state index in [1.54, 1.807) is 43.5 Å². The molecule has 21 heavy (non-hydrogen) atoms. The Bertz CT molecular complexity index is 655. The van der Waals surface area contributed by atoms with Crippen molar-refractivity contribution in [3.63, 3.8) is 0 Å². The zero-order valence-corrected chi connectivity index (χ0v) is 12.8. The Balaban J connectivity index is 2.62. The molecule has 0 aliphatic rings. The molecule has 0 fully saturated rings. The van der Waals surface area contributed by atoms with Crippen LogP contribution in [-0.4, -0.2) is 19.4 Å². The third-order valence-electron chi connectivity index (χ3n) is 3.04. The lowest BCUT2D eigenvalue weighted by molar-refractivity contribution is 0.414. The summed E-state index contributed by atoms with van der Waals surface area (Å²) in [4.78, 5) is 4.53. The molecule has 4 heteroatoms. The molecule has 2 aromatic rings. The van der Waals surface area contributed by atoms with E-state index in [9.17, 15) is 4.39 Å². The molecule has 2 nitrogen and oxygen atoms in total. The first-order valence-corrected chi connectivity index (χ1v) is 7.18. The van der Waals surface area contributed by atoms with Crippen molar-refractivity contribution in [3.05, 3.63) is 64.4 Å². The number of methoxy groups -OCH3 is 1. The van der Waals surface area contributed by atoms with E-state index in [0.717, 1.165) is 6.42 Å². The molecule has 0 bridgehead atoms. The highest BCUT2D eigenvalue weighted by Gasteiger charge is 2.16. The first-order chi connectivity index (χ1) is 10.2. The fraction of sp³-hybridized carbons (Fsp3) is 0.235. The van der Waals surface area contributed by atoms with Crippen molar-refractivity contribution >= 4 is 17.3 Å². The summed E-state index contributed by atoms with van der Waals surface area (Å²) in [6, 6.07) is 11.8. The minimum atomic E-state index is -0.311. The summed E-state index contributed by atoms with van der Waals surface area (Å²) in [7, 11) is 1.57. The molecule has 0 aliphatic heterocycles. The van der Waals surface area contributed by atoms with Gasteiger partial charge in [-0.25, -0.2) is 4.39 Å². The van der Waals surface area contributed by atoms with Gasteiger partial charge in [0.2, 0.25) is 0 Å². The van der Waals surface area contributed by atoms with Gasteiger partial charge < -0.3 is 4.74 Å². The van der Waals surface area contributed by atoms with Crippen molar-refractivity contribution in [1.82, 2.24) is 0 Å². The van der Waals surface area contributed by atoms with Gasteiger partial charge >= 0.3 is 0 Å². The van der Waals surface area contributed by atoms with Crippen LogP contribution in [0.4, 0.5) is 4.39 Å². The maximum absolute atomic E-state index is 14.1. The molecule has 0 amide bonds. The molecule has 0 N–H and O–H groups in total. The first kappa shape index (κ1) is 15.5. The zero-order valence-electron chi connectivity index (χ0n) is 12.1. The lowest BCUT2D eigenvalue weighted by atomic mass is 10.0. The quantitative estimate of drug-likeness (QED) is 0.731. The summed E-state index contributed by atoms with van der Waals surface area (Å²) < 4.78 is 19.5. The minimum Gasteiger partial charge on any atom is -0.496 e. The van der Waals surface area contributed by atoms with Crippen LogP contribution in [0.1, 0.15) is 24.5 Å². The van der Waals surface area contributed by atoms with Crippen molar-refractivity contribution in [3.8, 4) is 5.75 Å². The van der Waals surface area contributed by atoms with Crippen molar-refractivity contribution in [2.24, 2.45) is 4.99 Å². The summed E-state index contributed by atoms with van der Waals surface area (Å²) >= 11 is 6.07. The third-order valence-corrected chi connectivity index (χ3v) is 3.27. The summed E-state index contributed by atoms with van der Waals surface area (Å²) in [5.74, 6) is 0.312. The first-order valence-electron chi connectivity index (χ1n) is 6.80. The van der Waals surface area contributed by atoms with Gasteiger partial charge in [-0.05, 0) is 36.8 Å². The molecule has 0 radical (unpaired) electrons. The Hall–Kier alpha value is -1.87. The number of hydrogen-bond donors (Lipinski definition) is 0. The summed E-state index contributed by atoms with van der Waals surface area (Å²) in [5.41, 5.74) is 1.71. The van der Waals surface area contributed by atoms with Crippen LogP contribution in [0.2, 0.25) is 5.02 Å². The Morgan fingerprint density at radius 3 is 2.62 bits per heavy atom. The monoisotopic (exact) mass is 305 g/mol. The molecule has 0 saturated carbocycles. The van der Waals surface area contributed by atoms with E-state index >= 15 is 0 Å². The number of nitrogens with zero attached hydrogens (tertiary/aromatic N) is 1. The highest BCUT2D eigenvalue weighted by Crippen LogP contribution is 2.26. The number of aliphatic imine (C=N–C) groups is 1. The molecular weight excluding hydrogens is 289 g/mol. The van der Waals surface area contributed by atoms with Crippen LogP contribution in [0.3, 0.4) is 0 Å². The summed E-state index contributed by atoms with van der Waals surface area (Å²) in [5, 5.41) is 0.561. The van der Waals surface area contributed by atoms with Crippen LogP contribution in [-0.2, 0) is 0 Å². The molecule has 2 rings (SSSR count). The van der Waals surface area contributed by atoms with Gasteiger partial charge in [0.1, 0.15) is 11.6 Å². The van der Waals surface area contributed by atoms with E-state index in [4.69, 9.17) is 16.3 Å². The summed E-state index contributed by atoms with van der Waals surface area (Å²) in [6.07, 6.45) is 0.876. The number of hydrogen-bond acceptors (Lipinski definition) is 2. The average Bonchev–Trinajstić information content (AvgIpc) is 2.49. The van der Waals surface area contributed by atoms with Gasteiger partial charge in [0, 0.05) is 22.7 Å². The van der Waals surface area contributed by atoms with E-state index in [1.165, 1.54) is 6.07 Å². The third kappa shape index (κ3) is 3.61. The van der Waals surface area contributed by atoms with Gasteiger partial charge in [0.15, 0.2) is 0 Å². The van der Waals surface area contributed by atoms with Gasteiger partial charge in [-0.2, -0.15) is 0 Å². The molecule has 0 unspecified atom stereocenters. The van der Waals surface area contributed by atoms with Crippen molar-refractivity contribution in [1.29, 1.82) is 0 Å². The molecule has 110 valence electrons. The number of benzene rings is 2. The highest BCUT2D eigenvalue weighted by atomic mass is 35.5. The molecule has 0 atom stereocenters. The normalized spacial score (nSPS) is 11.5. The molecule has 0 heterocycles. The van der Waals surface area contributed by atoms with Gasteiger partial charge in [-0.1, -0.05) is 30.7 Å². The summed E-state index contributed by atoms with van der Waals surface area (Å²) in [6.45, 7) is 2.64. The van der Waals surface area contributed by atoms with E-state index in [1.807, 2.05) is 6.92 Å². The van der Waals surface area contributed by atoms with Gasteiger partial charge in [0.25, 0.3) is 0 Å². The molecule has 2 aromatic carbocycles. The fourth-order valence-corrected chi connectivity index (χ4v) is 2.23. The van der Waals surface area contributed by atoms with E-state index in [2.05, 4.69) is 4.99 Å². The Kier molecular flexibility index (Phi) is 5.34.